The Morgan fingerprint density at radius 2 is 2.31 bits per heavy atom. The lowest BCUT2D eigenvalue weighted by molar-refractivity contribution is 0.151. The second-order valence-corrected chi connectivity index (χ2v) is 3.52. The molecule has 0 spiro atoms. The van der Waals surface area contributed by atoms with E-state index in [-0.39, 0.29) is 0 Å². The van der Waals surface area contributed by atoms with Crippen molar-refractivity contribution in [2.24, 2.45) is 0 Å². The Labute approximate surface area is 94.1 Å². The van der Waals surface area contributed by atoms with Gasteiger partial charge in [0.15, 0.2) is 0 Å². The number of nitrogens with zero attached hydrogens (tertiary/aromatic N) is 2. The molecule has 0 saturated heterocycles. The number of aliphatic hydroxyl groups excluding tert-OH is 1. The van der Waals surface area contributed by atoms with E-state index in [2.05, 4.69) is 5.10 Å². The Hall–Kier alpha value is -1.81. The van der Waals surface area contributed by atoms with E-state index in [1.807, 2.05) is 36.5 Å². The molecule has 16 heavy (non-hydrogen) atoms. The van der Waals surface area contributed by atoms with Gasteiger partial charge in [0.05, 0.1) is 19.8 Å². The number of aromatic nitrogens is 2. The van der Waals surface area contributed by atoms with Gasteiger partial charge in [-0.3, -0.25) is 4.68 Å². The van der Waals surface area contributed by atoms with E-state index in [1.54, 1.807) is 18.0 Å². The lowest BCUT2D eigenvalue weighted by atomic mass is 10.1. The second-order valence-electron chi connectivity index (χ2n) is 3.52. The van der Waals surface area contributed by atoms with Crippen LogP contribution in [0.25, 0.3) is 0 Å². The van der Waals surface area contributed by atoms with Gasteiger partial charge in [-0.05, 0) is 23.8 Å². The standard InChI is InChI=1S/C12H14N2O2/c1-16-11-5-2-4-10(8-11)12(15)9-14-7-3-6-13-14/h2-8,12,15H,9H2,1H3. The molecule has 1 heterocycles. The summed E-state index contributed by atoms with van der Waals surface area (Å²) < 4.78 is 6.81. The quantitative estimate of drug-likeness (QED) is 0.848. The summed E-state index contributed by atoms with van der Waals surface area (Å²) >= 11 is 0. The SMILES string of the molecule is COc1cccc(C(O)Cn2cccn2)c1. The Morgan fingerprint density at radius 3 is 3.00 bits per heavy atom. The van der Waals surface area contributed by atoms with Crippen molar-refractivity contribution in [3.8, 4) is 5.75 Å². The lowest BCUT2D eigenvalue weighted by Crippen LogP contribution is -2.09. The Morgan fingerprint density at radius 1 is 1.44 bits per heavy atom. The molecule has 0 saturated carbocycles. The highest BCUT2D eigenvalue weighted by atomic mass is 16.5. The molecule has 1 atom stereocenters. The first-order valence-electron chi connectivity index (χ1n) is 5.09. The molecule has 0 amide bonds. The summed E-state index contributed by atoms with van der Waals surface area (Å²) in [5.74, 6) is 0.747. The number of ether oxygens (including phenoxy) is 1. The number of methoxy groups -OCH3 is 1. The Balaban J connectivity index is 2.11. The largest absolute Gasteiger partial charge is 0.497 e. The smallest absolute Gasteiger partial charge is 0.119 e. The monoisotopic (exact) mass is 218 g/mol. The van der Waals surface area contributed by atoms with Crippen molar-refractivity contribution in [1.29, 1.82) is 0 Å². The minimum Gasteiger partial charge on any atom is -0.497 e. The highest BCUT2D eigenvalue weighted by Gasteiger charge is 2.09. The van der Waals surface area contributed by atoms with Gasteiger partial charge < -0.3 is 9.84 Å². The maximum Gasteiger partial charge on any atom is 0.119 e. The van der Waals surface area contributed by atoms with Gasteiger partial charge in [-0.2, -0.15) is 5.10 Å². The van der Waals surface area contributed by atoms with Gasteiger partial charge >= 0.3 is 0 Å². The van der Waals surface area contributed by atoms with Crippen LogP contribution >= 0.6 is 0 Å². The molecule has 0 bridgehead atoms. The van der Waals surface area contributed by atoms with Gasteiger partial charge in [0.25, 0.3) is 0 Å². The van der Waals surface area contributed by atoms with Crippen molar-refractivity contribution < 1.29 is 9.84 Å². The topological polar surface area (TPSA) is 47.3 Å². The first-order chi connectivity index (χ1) is 7.79. The van der Waals surface area contributed by atoms with Gasteiger partial charge in [-0.1, -0.05) is 12.1 Å². The summed E-state index contributed by atoms with van der Waals surface area (Å²) in [7, 11) is 1.61. The summed E-state index contributed by atoms with van der Waals surface area (Å²) in [6, 6.07) is 9.24. The van der Waals surface area contributed by atoms with Crippen molar-refractivity contribution in [3.63, 3.8) is 0 Å². The third-order valence-electron chi connectivity index (χ3n) is 2.40. The fourth-order valence-electron chi connectivity index (χ4n) is 1.54. The molecule has 1 aromatic carbocycles. The normalized spacial score (nSPS) is 12.4. The van der Waals surface area contributed by atoms with Gasteiger partial charge in [0.2, 0.25) is 0 Å². The van der Waals surface area contributed by atoms with E-state index in [1.165, 1.54) is 0 Å². The van der Waals surface area contributed by atoms with E-state index < -0.39 is 6.10 Å². The van der Waals surface area contributed by atoms with Gasteiger partial charge in [-0.25, -0.2) is 0 Å². The number of rotatable bonds is 4. The molecule has 0 aliphatic rings. The van der Waals surface area contributed by atoms with Crippen LogP contribution in [0.3, 0.4) is 0 Å². The molecule has 4 nitrogen and oxygen atoms in total. The average Bonchev–Trinajstić information content (AvgIpc) is 2.82. The third kappa shape index (κ3) is 2.41. The molecule has 0 aliphatic carbocycles. The second kappa shape index (κ2) is 4.81. The Bertz CT molecular complexity index is 440. The molecule has 84 valence electrons. The molecule has 0 aliphatic heterocycles. The fourth-order valence-corrected chi connectivity index (χ4v) is 1.54. The first kappa shape index (κ1) is 10.7. The molecule has 2 rings (SSSR count). The predicted molar refractivity (Wildman–Crippen MR) is 60.2 cm³/mol. The van der Waals surface area contributed by atoms with Crippen LogP contribution < -0.4 is 4.74 Å². The molecule has 2 aromatic rings. The zero-order valence-corrected chi connectivity index (χ0v) is 9.08. The number of hydrogen-bond acceptors (Lipinski definition) is 3. The van der Waals surface area contributed by atoms with Crippen LogP contribution in [0.5, 0.6) is 5.75 Å². The Kier molecular flexibility index (Phi) is 3.22. The number of benzene rings is 1. The molecular formula is C12H14N2O2. The van der Waals surface area contributed by atoms with Crippen LogP contribution in [0.1, 0.15) is 11.7 Å². The molecule has 0 radical (unpaired) electrons. The summed E-state index contributed by atoms with van der Waals surface area (Å²) in [6.07, 6.45) is 2.94. The highest BCUT2D eigenvalue weighted by molar-refractivity contribution is 5.29. The van der Waals surface area contributed by atoms with Gasteiger partial charge in [0.1, 0.15) is 5.75 Å². The predicted octanol–water partition coefficient (Wildman–Crippen LogP) is 1.63. The zero-order valence-electron chi connectivity index (χ0n) is 9.08. The molecular weight excluding hydrogens is 204 g/mol. The van der Waals surface area contributed by atoms with Crippen molar-refractivity contribution in [3.05, 3.63) is 48.3 Å². The zero-order chi connectivity index (χ0) is 11.4. The molecule has 0 fully saturated rings. The third-order valence-corrected chi connectivity index (χ3v) is 2.40. The summed E-state index contributed by atoms with van der Waals surface area (Å²) in [6.45, 7) is 0.445. The van der Waals surface area contributed by atoms with Gasteiger partial charge in [-0.15, -0.1) is 0 Å². The number of aliphatic hydroxyl groups is 1. The molecule has 1 N–H and O–H groups in total. The lowest BCUT2D eigenvalue weighted by Gasteiger charge is -2.12. The van der Waals surface area contributed by atoms with Crippen LogP contribution in [0, 0.1) is 0 Å². The van der Waals surface area contributed by atoms with Crippen LogP contribution in [0.2, 0.25) is 0 Å². The van der Waals surface area contributed by atoms with Crippen LogP contribution in [0.4, 0.5) is 0 Å². The fraction of sp³-hybridized carbons (Fsp3) is 0.250. The molecule has 4 heteroatoms. The van der Waals surface area contributed by atoms with Crippen molar-refractivity contribution in [1.82, 2.24) is 9.78 Å². The van der Waals surface area contributed by atoms with Crippen molar-refractivity contribution in [2.45, 2.75) is 12.6 Å². The van der Waals surface area contributed by atoms with Crippen molar-refractivity contribution >= 4 is 0 Å². The van der Waals surface area contributed by atoms with E-state index in [0.29, 0.717) is 6.54 Å². The minimum absolute atomic E-state index is 0.445. The minimum atomic E-state index is -0.574. The molecule has 1 aromatic heterocycles. The van der Waals surface area contributed by atoms with Crippen LogP contribution in [0.15, 0.2) is 42.7 Å². The number of hydrogen-bond donors (Lipinski definition) is 1. The van der Waals surface area contributed by atoms with Crippen molar-refractivity contribution in [2.75, 3.05) is 7.11 Å². The summed E-state index contributed by atoms with van der Waals surface area (Å²) in [4.78, 5) is 0. The average molecular weight is 218 g/mol. The van der Waals surface area contributed by atoms with Gasteiger partial charge in [0, 0.05) is 12.4 Å². The summed E-state index contributed by atoms with van der Waals surface area (Å²) in [5.41, 5.74) is 0.829. The summed E-state index contributed by atoms with van der Waals surface area (Å²) in [5, 5.41) is 14.0. The van der Waals surface area contributed by atoms with E-state index in [0.717, 1.165) is 11.3 Å². The van der Waals surface area contributed by atoms with E-state index >= 15 is 0 Å². The van der Waals surface area contributed by atoms with Crippen LogP contribution in [-0.4, -0.2) is 22.0 Å². The maximum absolute atomic E-state index is 10.00. The van der Waals surface area contributed by atoms with E-state index in [9.17, 15) is 5.11 Å². The first-order valence-corrected chi connectivity index (χ1v) is 5.09. The van der Waals surface area contributed by atoms with E-state index in [4.69, 9.17) is 4.74 Å². The van der Waals surface area contributed by atoms with Crippen LogP contribution in [-0.2, 0) is 6.54 Å². The maximum atomic E-state index is 10.00. The highest BCUT2D eigenvalue weighted by Crippen LogP contribution is 2.19. The molecule has 1 unspecified atom stereocenters.